The lowest BCUT2D eigenvalue weighted by atomic mass is 9.96. The van der Waals surface area contributed by atoms with Crippen LogP contribution in [0.15, 0.2) is 18.3 Å². The van der Waals surface area contributed by atoms with Gasteiger partial charge in [-0.25, -0.2) is 0 Å². The number of ether oxygens (including phenoxy) is 2. The van der Waals surface area contributed by atoms with Gasteiger partial charge in [0.25, 0.3) is 0 Å². The van der Waals surface area contributed by atoms with E-state index in [2.05, 4.69) is 4.98 Å². The summed E-state index contributed by atoms with van der Waals surface area (Å²) in [4.78, 5) is 4.60. The first kappa shape index (κ1) is 23.2. The van der Waals surface area contributed by atoms with Crippen molar-refractivity contribution in [1.82, 2.24) is 4.98 Å². The van der Waals surface area contributed by atoms with Crippen molar-refractivity contribution in [1.29, 1.82) is 0 Å². The molecule has 8 heteroatoms. The van der Waals surface area contributed by atoms with Crippen molar-refractivity contribution in [3.05, 3.63) is 35.2 Å². The molecule has 2 aromatic rings. The van der Waals surface area contributed by atoms with Crippen molar-refractivity contribution in [3.63, 3.8) is 0 Å². The van der Waals surface area contributed by atoms with Gasteiger partial charge in [-0.3, -0.25) is 9.55 Å². The Hall–Kier alpha value is -2.08. The maximum Gasteiger partial charge on any atom is 0.331 e. The summed E-state index contributed by atoms with van der Waals surface area (Å²) < 4.78 is 34.0. The second-order valence-corrected chi connectivity index (χ2v) is 8.70. The number of aryl methyl sites for hydroxylation is 1. The number of methoxy groups -OCH3 is 2. The molecule has 1 heterocycles. The van der Waals surface area contributed by atoms with E-state index < -0.39 is 7.60 Å². The van der Waals surface area contributed by atoms with Gasteiger partial charge in [-0.05, 0) is 56.5 Å². The summed E-state index contributed by atoms with van der Waals surface area (Å²) in [6.07, 6.45) is 2.55. The van der Waals surface area contributed by atoms with Crippen LogP contribution in [0.5, 0.6) is 17.2 Å². The highest BCUT2D eigenvalue weighted by Gasteiger charge is 2.24. The van der Waals surface area contributed by atoms with Crippen molar-refractivity contribution in [2.75, 3.05) is 33.6 Å². The molecular formula is C21H30NO6P. The van der Waals surface area contributed by atoms with Gasteiger partial charge in [-0.1, -0.05) is 0 Å². The maximum absolute atomic E-state index is 12.7. The average molecular weight is 423 g/mol. The Morgan fingerprint density at radius 3 is 2.03 bits per heavy atom. The Balaban J connectivity index is 2.36. The predicted molar refractivity (Wildman–Crippen MR) is 113 cm³/mol. The largest absolute Gasteiger partial charge is 0.502 e. The highest BCUT2D eigenvalue weighted by molar-refractivity contribution is 7.53. The minimum Gasteiger partial charge on any atom is -0.502 e. The second-order valence-electron chi connectivity index (χ2n) is 6.52. The number of aromatic nitrogens is 1. The van der Waals surface area contributed by atoms with Gasteiger partial charge in [-0.15, -0.1) is 0 Å². The topological polar surface area (TPSA) is 87.1 Å². The van der Waals surface area contributed by atoms with Crippen LogP contribution >= 0.6 is 7.60 Å². The first-order valence-corrected chi connectivity index (χ1v) is 11.3. The average Bonchev–Trinajstić information content (AvgIpc) is 2.70. The summed E-state index contributed by atoms with van der Waals surface area (Å²) in [5.41, 5.74) is 4.62. The van der Waals surface area contributed by atoms with Crippen molar-refractivity contribution in [3.8, 4) is 28.4 Å². The molecule has 0 saturated heterocycles. The summed E-state index contributed by atoms with van der Waals surface area (Å²) in [6, 6.07) is 3.50. The van der Waals surface area contributed by atoms with Crippen LogP contribution < -0.4 is 9.47 Å². The smallest absolute Gasteiger partial charge is 0.331 e. The molecule has 0 aliphatic heterocycles. The molecule has 1 aromatic carbocycles. The number of nitrogens with zero attached hydrogens (tertiary/aromatic N) is 1. The van der Waals surface area contributed by atoms with Gasteiger partial charge < -0.3 is 23.6 Å². The van der Waals surface area contributed by atoms with Crippen molar-refractivity contribution >= 4 is 7.60 Å². The zero-order valence-electron chi connectivity index (χ0n) is 17.9. The first-order chi connectivity index (χ1) is 13.8. The van der Waals surface area contributed by atoms with Crippen LogP contribution in [0.3, 0.4) is 0 Å². The molecular weight excluding hydrogens is 393 g/mol. The highest BCUT2D eigenvalue weighted by Crippen LogP contribution is 2.48. The Morgan fingerprint density at radius 1 is 1.00 bits per heavy atom. The van der Waals surface area contributed by atoms with Crippen molar-refractivity contribution in [2.24, 2.45) is 0 Å². The number of phenolic OH excluding ortho intramolecular Hbond substituents is 1. The molecule has 160 valence electrons. The van der Waals surface area contributed by atoms with Gasteiger partial charge in [0.15, 0.2) is 11.5 Å². The van der Waals surface area contributed by atoms with Crippen LogP contribution in [0.1, 0.15) is 30.7 Å². The Labute approximate surface area is 172 Å². The van der Waals surface area contributed by atoms with E-state index in [0.29, 0.717) is 31.1 Å². The second kappa shape index (κ2) is 10.1. The number of aromatic hydroxyl groups is 1. The van der Waals surface area contributed by atoms with E-state index in [1.165, 1.54) is 14.2 Å². The van der Waals surface area contributed by atoms with Crippen molar-refractivity contribution in [2.45, 2.75) is 34.1 Å². The van der Waals surface area contributed by atoms with Gasteiger partial charge in [0.2, 0.25) is 5.75 Å². The van der Waals surface area contributed by atoms with Crippen LogP contribution in [0.25, 0.3) is 11.1 Å². The van der Waals surface area contributed by atoms with Gasteiger partial charge in [-0.2, -0.15) is 0 Å². The van der Waals surface area contributed by atoms with Crippen LogP contribution in [-0.4, -0.2) is 43.7 Å². The molecule has 0 aliphatic carbocycles. The van der Waals surface area contributed by atoms with E-state index in [0.717, 1.165) is 27.9 Å². The molecule has 0 amide bonds. The van der Waals surface area contributed by atoms with Crippen molar-refractivity contribution < 1.29 is 28.2 Å². The van der Waals surface area contributed by atoms with Crippen LogP contribution in [0.2, 0.25) is 0 Å². The fourth-order valence-electron chi connectivity index (χ4n) is 3.15. The predicted octanol–water partition coefficient (Wildman–Crippen LogP) is 4.90. The zero-order valence-corrected chi connectivity index (χ0v) is 18.8. The van der Waals surface area contributed by atoms with Gasteiger partial charge in [0.05, 0.1) is 33.6 Å². The van der Waals surface area contributed by atoms with E-state index >= 15 is 0 Å². The Morgan fingerprint density at radius 2 is 1.55 bits per heavy atom. The number of phenols is 1. The summed E-state index contributed by atoms with van der Waals surface area (Å²) in [5, 5.41) is 10.1. The summed E-state index contributed by atoms with van der Waals surface area (Å²) in [6.45, 7) is 8.27. The molecule has 0 fully saturated rings. The third-order valence-corrected chi connectivity index (χ3v) is 6.89. The monoisotopic (exact) mass is 423 g/mol. The molecule has 0 spiro atoms. The lowest BCUT2D eigenvalue weighted by molar-refractivity contribution is 0.220. The molecule has 0 saturated carbocycles. The number of pyridine rings is 1. The molecule has 2 rings (SSSR count). The highest BCUT2D eigenvalue weighted by atomic mass is 31.2. The van der Waals surface area contributed by atoms with Gasteiger partial charge in [0, 0.05) is 23.9 Å². The first-order valence-electron chi connectivity index (χ1n) is 9.58. The van der Waals surface area contributed by atoms with E-state index in [-0.39, 0.29) is 11.9 Å². The summed E-state index contributed by atoms with van der Waals surface area (Å²) >= 11 is 0. The molecule has 0 bridgehead atoms. The number of hydrogen-bond donors (Lipinski definition) is 1. The Kier molecular flexibility index (Phi) is 8.08. The van der Waals surface area contributed by atoms with Gasteiger partial charge >= 0.3 is 7.60 Å². The van der Waals surface area contributed by atoms with Crippen LogP contribution in [0.4, 0.5) is 0 Å². The van der Waals surface area contributed by atoms with E-state index in [9.17, 15) is 9.67 Å². The maximum atomic E-state index is 12.7. The molecule has 29 heavy (non-hydrogen) atoms. The third-order valence-electron chi connectivity index (χ3n) is 4.81. The molecule has 0 aliphatic rings. The SMILES string of the molecule is CCOP(=O)(CCc1ncc(-c2cc(OC)c(O)c(OC)c2)c(C)c1C)OCC. The molecule has 1 N–H and O–H groups in total. The molecule has 7 nitrogen and oxygen atoms in total. The molecule has 1 aromatic heterocycles. The van der Waals surface area contributed by atoms with E-state index in [1.54, 1.807) is 32.2 Å². The molecule has 0 unspecified atom stereocenters. The number of rotatable bonds is 10. The standard InChI is InChI=1S/C21H30NO6P/c1-7-27-29(24,28-8-2)10-9-18-15(4)14(3)17(13-22-18)16-11-19(25-5)21(23)20(12-16)26-6/h11-13,23H,7-10H2,1-6H3. The van der Waals surface area contributed by atoms with E-state index in [1.807, 2.05) is 13.8 Å². The lowest BCUT2D eigenvalue weighted by Crippen LogP contribution is -2.06. The summed E-state index contributed by atoms with van der Waals surface area (Å²) in [7, 11) is -0.132. The summed E-state index contributed by atoms with van der Waals surface area (Å²) in [5.74, 6) is 0.616. The number of benzene rings is 1. The lowest BCUT2D eigenvalue weighted by Gasteiger charge is -2.18. The van der Waals surface area contributed by atoms with Crippen LogP contribution in [0, 0.1) is 13.8 Å². The molecule has 0 atom stereocenters. The fourth-order valence-corrected chi connectivity index (χ4v) is 4.75. The van der Waals surface area contributed by atoms with Gasteiger partial charge in [0.1, 0.15) is 0 Å². The minimum absolute atomic E-state index is 0.0414. The fraction of sp³-hybridized carbons (Fsp3) is 0.476. The Bertz CT molecular complexity index is 864. The normalized spacial score (nSPS) is 11.5. The van der Waals surface area contributed by atoms with Crippen LogP contribution in [-0.2, 0) is 20.0 Å². The quantitative estimate of drug-likeness (QED) is 0.544. The third kappa shape index (κ3) is 5.30. The zero-order chi connectivity index (χ0) is 21.6. The van der Waals surface area contributed by atoms with E-state index in [4.69, 9.17) is 18.5 Å². The minimum atomic E-state index is -3.12. The molecule has 0 radical (unpaired) electrons. The number of hydrogen-bond acceptors (Lipinski definition) is 7.